The summed E-state index contributed by atoms with van der Waals surface area (Å²) in [6.07, 6.45) is 0. The molecule has 1 aromatic carbocycles. The molecular formula is C9H11NO2S. The SMILES string of the molecule is CC1CS(=O)(=O)Nc2ccccc21. The van der Waals surface area contributed by atoms with E-state index in [1.54, 1.807) is 6.07 Å². The van der Waals surface area contributed by atoms with Crippen molar-refractivity contribution >= 4 is 15.7 Å². The fraction of sp³-hybridized carbons (Fsp3) is 0.333. The zero-order valence-corrected chi connectivity index (χ0v) is 8.14. The molecule has 1 aromatic rings. The van der Waals surface area contributed by atoms with E-state index in [0.717, 1.165) is 11.3 Å². The molecule has 3 nitrogen and oxygen atoms in total. The lowest BCUT2D eigenvalue weighted by atomic mass is 10.0. The molecule has 2 rings (SSSR count). The minimum Gasteiger partial charge on any atom is -0.283 e. The number of rotatable bonds is 0. The van der Waals surface area contributed by atoms with Crippen molar-refractivity contribution in [1.82, 2.24) is 0 Å². The molecule has 0 saturated heterocycles. The number of benzene rings is 1. The van der Waals surface area contributed by atoms with E-state index in [2.05, 4.69) is 4.72 Å². The van der Waals surface area contributed by atoms with Gasteiger partial charge in [0.05, 0.1) is 11.4 Å². The van der Waals surface area contributed by atoms with Crippen LogP contribution < -0.4 is 4.72 Å². The van der Waals surface area contributed by atoms with E-state index in [1.165, 1.54) is 0 Å². The zero-order valence-electron chi connectivity index (χ0n) is 7.32. The van der Waals surface area contributed by atoms with Crippen molar-refractivity contribution in [2.24, 2.45) is 0 Å². The van der Waals surface area contributed by atoms with Crippen LogP contribution >= 0.6 is 0 Å². The molecule has 0 amide bonds. The van der Waals surface area contributed by atoms with Gasteiger partial charge < -0.3 is 0 Å². The van der Waals surface area contributed by atoms with Gasteiger partial charge in [0.1, 0.15) is 0 Å². The Morgan fingerprint density at radius 2 is 2.08 bits per heavy atom. The van der Waals surface area contributed by atoms with Gasteiger partial charge in [-0.1, -0.05) is 25.1 Å². The third-order valence-corrected chi connectivity index (χ3v) is 3.70. The predicted molar refractivity (Wildman–Crippen MR) is 52.3 cm³/mol. The second kappa shape index (κ2) is 2.73. The van der Waals surface area contributed by atoms with Crippen molar-refractivity contribution in [1.29, 1.82) is 0 Å². The van der Waals surface area contributed by atoms with Crippen molar-refractivity contribution in [3.8, 4) is 0 Å². The molecule has 1 heterocycles. The van der Waals surface area contributed by atoms with Crippen LogP contribution in [0.3, 0.4) is 0 Å². The minimum atomic E-state index is -3.10. The van der Waals surface area contributed by atoms with Gasteiger partial charge in [-0.05, 0) is 17.5 Å². The van der Waals surface area contributed by atoms with Crippen molar-refractivity contribution < 1.29 is 8.42 Å². The molecule has 0 saturated carbocycles. The highest BCUT2D eigenvalue weighted by atomic mass is 32.2. The standard InChI is InChI=1S/C9H11NO2S/c1-7-6-13(11,12)10-9-5-3-2-4-8(7)9/h2-5,7,10H,6H2,1H3. The van der Waals surface area contributed by atoms with Crippen LogP contribution in [0.5, 0.6) is 0 Å². The Morgan fingerprint density at radius 1 is 1.38 bits per heavy atom. The summed E-state index contributed by atoms with van der Waals surface area (Å²) in [5.41, 5.74) is 1.80. The molecule has 1 aliphatic heterocycles. The molecule has 1 aliphatic rings. The Labute approximate surface area is 77.8 Å². The average molecular weight is 197 g/mol. The van der Waals surface area contributed by atoms with Crippen molar-refractivity contribution in [2.75, 3.05) is 10.5 Å². The van der Waals surface area contributed by atoms with E-state index in [4.69, 9.17) is 0 Å². The quantitative estimate of drug-likeness (QED) is 0.685. The highest BCUT2D eigenvalue weighted by Gasteiger charge is 2.25. The maximum absolute atomic E-state index is 11.3. The molecule has 13 heavy (non-hydrogen) atoms. The molecule has 0 aromatic heterocycles. The molecule has 0 bridgehead atoms. The summed E-state index contributed by atoms with van der Waals surface area (Å²) in [7, 11) is -3.10. The van der Waals surface area contributed by atoms with E-state index < -0.39 is 10.0 Å². The van der Waals surface area contributed by atoms with E-state index in [-0.39, 0.29) is 11.7 Å². The van der Waals surface area contributed by atoms with Crippen LogP contribution in [0.2, 0.25) is 0 Å². The van der Waals surface area contributed by atoms with Crippen molar-refractivity contribution in [3.63, 3.8) is 0 Å². The number of fused-ring (bicyclic) bond motifs is 1. The predicted octanol–water partition coefficient (Wildman–Crippen LogP) is 1.55. The second-order valence-electron chi connectivity index (χ2n) is 3.37. The van der Waals surface area contributed by atoms with Crippen LogP contribution in [0, 0.1) is 0 Å². The van der Waals surface area contributed by atoms with Crippen LogP contribution in [-0.2, 0) is 10.0 Å². The monoisotopic (exact) mass is 197 g/mol. The molecule has 0 fully saturated rings. The Hall–Kier alpha value is -1.03. The normalized spacial score (nSPS) is 24.5. The third-order valence-electron chi connectivity index (χ3n) is 2.23. The number of nitrogens with one attached hydrogen (secondary N) is 1. The van der Waals surface area contributed by atoms with Gasteiger partial charge in [0.15, 0.2) is 0 Å². The van der Waals surface area contributed by atoms with Gasteiger partial charge >= 0.3 is 0 Å². The van der Waals surface area contributed by atoms with E-state index in [0.29, 0.717) is 0 Å². The summed E-state index contributed by atoms with van der Waals surface area (Å²) in [6.45, 7) is 1.93. The van der Waals surface area contributed by atoms with Gasteiger partial charge in [0.25, 0.3) is 0 Å². The Bertz CT molecular complexity index is 425. The summed E-state index contributed by atoms with van der Waals surface area (Å²) in [6, 6.07) is 7.51. The Balaban J connectivity index is 2.55. The molecule has 4 heteroatoms. The molecule has 1 atom stereocenters. The summed E-state index contributed by atoms with van der Waals surface area (Å²) < 4.78 is 25.2. The highest BCUT2D eigenvalue weighted by Crippen LogP contribution is 2.30. The van der Waals surface area contributed by atoms with Gasteiger partial charge in [0, 0.05) is 0 Å². The number of hydrogen-bond acceptors (Lipinski definition) is 2. The smallest absolute Gasteiger partial charge is 0.233 e. The molecule has 0 radical (unpaired) electrons. The molecule has 0 spiro atoms. The molecule has 70 valence electrons. The van der Waals surface area contributed by atoms with E-state index >= 15 is 0 Å². The fourth-order valence-electron chi connectivity index (χ4n) is 1.65. The maximum atomic E-state index is 11.3. The lowest BCUT2D eigenvalue weighted by Crippen LogP contribution is -2.26. The zero-order chi connectivity index (χ0) is 9.47. The lowest BCUT2D eigenvalue weighted by molar-refractivity contribution is 0.593. The van der Waals surface area contributed by atoms with Gasteiger partial charge in [0.2, 0.25) is 10.0 Å². The number of anilines is 1. The third kappa shape index (κ3) is 1.54. The van der Waals surface area contributed by atoms with Crippen molar-refractivity contribution in [2.45, 2.75) is 12.8 Å². The largest absolute Gasteiger partial charge is 0.283 e. The topological polar surface area (TPSA) is 46.2 Å². The Morgan fingerprint density at radius 3 is 2.85 bits per heavy atom. The number of sulfonamides is 1. The summed E-state index contributed by atoms with van der Waals surface area (Å²) in [4.78, 5) is 0. The van der Waals surface area contributed by atoms with Crippen LogP contribution in [0.4, 0.5) is 5.69 Å². The van der Waals surface area contributed by atoms with Crippen LogP contribution in [0.1, 0.15) is 18.4 Å². The number of hydrogen-bond donors (Lipinski definition) is 1. The lowest BCUT2D eigenvalue weighted by Gasteiger charge is -2.23. The minimum absolute atomic E-state index is 0.0856. The average Bonchev–Trinajstić information content (AvgIpc) is 2.02. The first-order chi connectivity index (χ1) is 6.08. The number of para-hydroxylation sites is 1. The summed E-state index contributed by atoms with van der Waals surface area (Å²) >= 11 is 0. The first-order valence-electron chi connectivity index (χ1n) is 4.18. The van der Waals surface area contributed by atoms with E-state index in [9.17, 15) is 8.42 Å². The van der Waals surface area contributed by atoms with Crippen molar-refractivity contribution in [3.05, 3.63) is 29.8 Å². The van der Waals surface area contributed by atoms with Crippen LogP contribution in [0.25, 0.3) is 0 Å². The maximum Gasteiger partial charge on any atom is 0.233 e. The summed E-state index contributed by atoms with van der Waals surface area (Å²) in [5.74, 6) is 0.270. The van der Waals surface area contributed by atoms with Crippen LogP contribution in [-0.4, -0.2) is 14.2 Å². The molecule has 1 unspecified atom stereocenters. The van der Waals surface area contributed by atoms with Gasteiger partial charge in [-0.2, -0.15) is 0 Å². The first-order valence-corrected chi connectivity index (χ1v) is 5.83. The highest BCUT2D eigenvalue weighted by molar-refractivity contribution is 7.92. The van der Waals surface area contributed by atoms with Gasteiger partial charge in [-0.3, -0.25) is 4.72 Å². The fourth-order valence-corrected chi connectivity index (χ4v) is 3.09. The molecular weight excluding hydrogens is 186 g/mol. The molecule has 0 aliphatic carbocycles. The van der Waals surface area contributed by atoms with Gasteiger partial charge in [-0.25, -0.2) is 8.42 Å². The van der Waals surface area contributed by atoms with E-state index in [1.807, 2.05) is 25.1 Å². The summed E-state index contributed by atoms with van der Waals surface area (Å²) in [5, 5.41) is 0. The van der Waals surface area contributed by atoms with Crippen LogP contribution in [0.15, 0.2) is 24.3 Å². The second-order valence-corrected chi connectivity index (χ2v) is 5.14. The first kappa shape index (κ1) is 8.56. The molecule has 1 N–H and O–H groups in total. The van der Waals surface area contributed by atoms with Gasteiger partial charge in [-0.15, -0.1) is 0 Å². The Kier molecular flexibility index (Phi) is 1.80.